The molecule has 0 amide bonds. The minimum Gasteiger partial charge on any atom is -0.492 e. The summed E-state index contributed by atoms with van der Waals surface area (Å²) < 4.78 is 5.57. The van der Waals surface area contributed by atoms with Crippen molar-refractivity contribution in [2.75, 3.05) is 7.11 Å². The van der Waals surface area contributed by atoms with E-state index in [9.17, 15) is 4.79 Å². The van der Waals surface area contributed by atoms with Crippen molar-refractivity contribution in [3.63, 3.8) is 0 Å². The lowest BCUT2D eigenvalue weighted by atomic mass is 9.85. The number of methoxy groups -OCH3 is 1. The first-order valence-electron chi connectivity index (χ1n) is 6.15. The first-order chi connectivity index (χ1) is 7.78. The van der Waals surface area contributed by atoms with Crippen LogP contribution in [0.1, 0.15) is 58.4 Å². The average Bonchev–Trinajstić information content (AvgIpc) is 2.22. The Kier molecular flexibility index (Phi) is 4.48. The van der Waals surface area contributed by atoms with Crippen LogP contribution in [0.5, 0.6) is 5.75 Å². The van der Waals surface area contributed by atoms with Crippen molar-refractivity contribution in [2.24, 2.45) is 5.41 Å². The minimum atomic E-state index is -0.0971. The van der Waals surface area contributed by atoms with Crippen molar-refractivity contribution in [1.82, 2.24) is 0 Å². The van der Waals surface area contributed by atoms with E-state index in [1.807, 2.05) is 0 Å². The molecule has 0 fully saturated rings. The second-order valence-electron chi connectivity index (χ2n) is 5.96. The van der Waals surface area contributed by atoms with Gasteiger partial charge in [-0.1, -0.05) is 46.3 Å². The molecule has 1 aromatic rings. The molecule has 96 valence electrons. The molecule has 1 atom stereocenters. The zero-order valence-corrected chi connectivity index (χ0v) is 12.2. The highest BCUT2D eigenvalue weighted by molar-refractivity contribution is 7.71. The van der Waals surface area contributed by atoms with Gasteiger partial charge in [0, 0.05) is 5.56 Å². The smallest absolute Gasteiger partial charge is 0.239 e. The van der Waals surface area contributed by atoms with E-state index in [1.165, 1.54) is 13.5 Å². The fourth-order valence-corrected chi connectivity index (χ4v) is 2.51. The summed E-state index contributed by atoms with van der Waals surface area (Å²) in [6, 6.07) is 0. The third kappa shape index (κ3) is 3.38. The molecule has 0 aromatic heterocycles. The van der Waals surface area contributed by atoms with Gasteiger partial charge in [-0.05, 0) is 24.2 Å². The predicted molar refractivity (Wildman–Crippen MR) is 74.2 cm³/mol. The third-order valence-corrected chi connectivity index (χ3v) is 3.57. The number of hydrogen-bond donors (Lipinski definition) is 0. The van der Waals surface area contributed by atoms with Gasteiger partial charge < -0.3 is 4.74 Å². The van der Waals surface area contributed by atoms with Crippen LogP contribution in [0.15, 0.2) is 4.79 Å². The maximum absolute atomic E-state index is 11.4. The second kappa shape index (κ2) is 5.30. The van der Waals surface area contributed by atoms with E-state index in [4.69, 9.17) is 17.0 Å². The summed E-state index contributed by atoms with van der Waals surface area (Å²) in [4.78, 5) is 11.4. The van der Waals surface area contributed by atoms with Gasteiger partial charge in [-0.25, -0.2) is 0 Å². The van der Waals surface area contributed by atoms with E-state index in [-0.39, 0.29) is 5.43 Å². The number of hydrogen-bond acceptors (Lipinski definition) is 3. The highest BCUT2D eigenvalue weighted by Gasteiger charge is 2.23. The molecule has 0 radical (unpaired) electrons. The quantitative estimate of drug-likeness (QED) is 0.743. The molecular weight excluding hydrogens is 232 g/mol. The molecule has 3 heteroatoms. The molecule has 0 heterocycles. The summed E-state index contributed by atoms with van der Waals surface area (Å²) in [5.41, 5.74) is 1.23. The minimum absolute atomic E-state index is 0.0971. The van der Waals surface area contributed by atoms with E-state index in [1.54, 1.807) is 0 Å². The van der Waals surface area contributed by atoms with Gasteiger partial charge in [0.05, 0.1) is 11.6 Å². The SMILES string of the molecule is COc1c(C(C)CCCC(C)(C)C)c(=S)c1=O. The summed E-state index contributed by atoms with van der Waals surface area (Å²) in [5.74, 6) is 0.816. The Labute approximate surface area is 109 Å². The van der Waals surface area contributed by atoms with Crippen LogP contribution in [0, 0.1) is 9.93 Å². The van der Waals surface area contributed by atoms with Gasteiger partial charge in [-0.15, -0.1) is 0 Å². The molecule has 0 spiro atoms. The third-order valence-electron chi connectivity index (χ3n) is 3.16. The average molecular weight is 254 g/mol. The molecule has 17 heavy (non-hydrogen) atoms. The summed E-state index contributed by atoms with van der Waals surface area (Å²) >= 11 is 5.08. The standard InChI is InChI=1S/C14H22O2S/c1-9(7-6-8-14(2,3)4)10-12(16-5)11(15)13(10)17/h9H,6-8H2,1-5H3. The van der Waals surface area contributed by atoms with E-state index in [0.29, 0.717) is 21.6 Å². The van der Waals surface area contributed by atoms with E-state index >= 15 is 0 Å². The van der Waals surface area contributed by atoms with Gasteiger partial charge in [0.25, 0.3) is 0 Å². The van der Waals surface area contributed by atoms with Gasteiger partial charge in [0.1, 0.15) is 0 Å². The Morgan fingerprint density at radius 2 is 1.94 bits per heavy atom. The molecule has 0 aliphatic heterocycles. The Morgan fingerprint density at radius 1 is 1.35 bits per heavy atom. The lowest BCUT2D eigenvalue weighted by Crippen LogP contribution is -2.19. The van der Waals surface area contributed by atoms with E-state index < -0.39 is 0 Å². The van der Waals surface area contributed by atoms with Crippen LogP contribution in [-0.2, 0) is 0 Å². The molecule has 1 rings (SSSR count). The Hall–Kier alpha value is -0.700. The molecule has 0 N–H and O–H groups in total. The van der Waals surface area contributed by atoms with Crippen LogP contribution in [0.2, 0.25) is 0 Å². The topological polar surface area (TPSA) is 26.3 Å². The lowest BCUT2D eigenvalue weighted by molar-refractivity contribution is 0.351. The molecule has 2 nitrogen and oxygen atoms in total. The van der Waals surface area contributed by atoms with Crippen molar-refractivity contribution in [3.8, 4) is 5.75 Å². The van der Waals surface area contributed by atoms with Crippen LogP contribution >= 0.6 is 12.2 Å². The predicted octanol–water partition coefficient (Wildman–Crippen LogP) is 3.98. The van der Waals surface area contributed by atoms with E-state index in [2.05, 4.69) is 27.7 Å². The highest BCUT2D eigenvalue weighted by atomic mass is 32.1. The fourth-order valence-electron chi connectivity index (χ4n) is 2.12. The van der Waals surface area contributed by atoms with Crippen molar-refractivity contribution in [1.29, 1.82) is 0 Å². The molecule has 0 aliphatic rings. The first kappa shape index (κ1) is 14.4. The number of ether oxygens (including phenoxy) is 1. The summed E-state index contributed by atoms with van der Waals surface area (Å²) in [6.45, 7) is 8.86. The summed E-state index contributed by atoms with van der Waals surface area (Å²) in [6.07, 6.45) is 3.41. The molecular formula is C14H22O2S. The maximum Gasteiger partial charge on any atom is 0.239 e. The van der Waals surface area contributed by atoms with Crippen LogP contribution in [0.25, 0.3) is 0 Å². The van der Waals surface area contributed by atoms with Gasteiger partial charge in [-0.2, -0.15) is 0 Å². The Morgan fingerprint density at radius 3 is 2.41 bits per heavy atom. The molecule has 0 bridgehead atoms. The van der Waals surface area contributed by atoms with Crippen LogP contribution < -0.4 is 10.2 Å². The van der Waals surface area contributed by atoms with Crippen molar-refractivity contribution >= 4 is 12.2 Å². The molecule has 0 saturated carbocycles. The van der Waals surface area contributed by atoms with Gasteiger partial charge in [0.15, 0.2) is 5.75 Å². The molecule has 0 saturated heterocycles. The summed E-state index contributed by atoms with van der Waals surface area (Å²) in [5, 5.41) is 0. The van der Waals surface area contributed by atoms with Crippen molar-refractivity contribution < 1.29 is 4.74 Å². The van der Waals surface area contributed by atoms with Crippen LogP contribution in [0.4, 0.5) is 0 Å². The van der Waals surface area contributed by atoms with Gasteiger partial charge in [0.2, 0.25) is 5.43 Å². The number of rotatable bonds is 5. The zero-order chi connectivity index (χ0) is 13.2. The highest BCUT2D eigenvalue weighted by Crippen LogP contribution is 2.32. The molecule has 1 unspecified atom stereocenters. The van der Waals surface area contributed by atoms with E-state index in [0.717, 1.165) is 18.4 Å². The summed E-state index contributed by atoms with van der Waals surface area (Å²) in [7, 11) is 1.54. The molecule has 1 aromatic carbocycles. The largest absolute Gasteiger partial charge is 0.492 e. The van der Waals surface area contributed by atoms with Gasteiger partial charge in [-0.3, -0.25) is 4.79 Å². The van der Waals surface area contributed by atoms with Crippen molar-refractivity contribution in [3.05, 3.63) is 20.3 Å². The maximum atomic E-state index is 11.4. The Balaban J connectivity index is 2.60. The monoisotopic (exact) mass is 254 g/mol. The molecule has 0 aliphatic carbocycles. The Bertz CT molecular complexity index is 447. The van der Waals surface area contributed by atoms with Crippen molar-refractivity contribution in [2.45, 2.75) is 52.9 Å². The second-order valence-corrected chi connectivity index (χ2v) is 6.37. The normalized spacial score (nSPS) is 13.9. The van der Waals surface area contributed by atoms with Crippen LogP contribution in [0.3, 0.4) is 0 Å². The van der Waals surface area contributed by atoms with Gasteiger partial charge >= 0.3 is 0 Å². The fraction of sp³-hybridized carbons (Fsp3) is 0.714. The van der Waals surface area contributed by atoms with Crippen LogP contribution in [-0.4, -0.2) is 7.11 Å². The lowest BCUT2D eigenvalue weighted by Gasteiger charge is -2.21. The zero-order valence-electron chi connectivity index (χ0n) is 11.4. The first-order valence-corrected chi connectivity index (χ1v) is 6.56.